The summed E-state index contributed by atoms with van der Waals surface area (Å²) in [4.78, 5) is 0. The topological polar surface area (TPSA) is 38.0 Å². The maximum absolute atomic E-state index is 12.6. The third kappa shape index (κ3) is 2.35. The maximum Gasteiger partial charge on any atom is 0.282 e. The molecule has 1 rings (SSSR count). The molecule has 0 unspecified atom stereocenters. The van der Waals surface area contributed by atoms with E-state index >= 15 is 0 Å². The summed E-state index contributed by atoms with van der Waals surface area (Å²) >= 11 is 5.93. The first-order chi connectivity index (χ1) is 7.56. The third-order valence-corrected chi connectivity index (χ3v) is 3.03. The van der Waals surface area contributed by atoms with E-state index < -0.39 is 18.7 Å². The van der Waals surface area contributed by atoms with E-state index in [9.17, 15) is 8.78 Å². The smallest absolute Gasteiger partial charge is 0.282 e. The molecule has 0 spiro atoms. The second kappa shape index (κ2) is 5.59. The van der Waals surface area contributed by atoms with Crippen molar-refractivity contribution in [3.63, 3.8) is 0 Å². The molecule has 0 aliphatic heterocycles. The minimum atomic E-state index is -2.71. The van der Waals surface area contributed by atoms with Gasteiger partial charge in [-0.1, -0.05) is 25.4 Å². The van der Waals surface area contributed by atoms with Gasteiger partial charge in [-0.3, -0.25) is 4.68 Å². The van der Waals surface area contributed by atoms with Crippen LogP contribution in [-0.4, -0.2) is 14.9 Å². The van der Waals surface area contributed by atoms with Crippen molar-refractivity contribution in [3.05, 3.63) is 16.4 Å². The van der Waals surface area contributed by atoms with Crippen LogP contribution in [0.3, 0.4) is 0 Å². The van der Waals surface area contributed by atoms with Crippen LogP contribution in [0.4, 0.5) is 8.78 Å². The van der Waals surface area contributed by atoms with Gasteiger partial charge in [0.1, 0.15) is 10.8 Å². The van der Waals surface area contributed by atoms with E-state index in [-0.39, 0.29) is 16.8 Å². The molecular formula is C10H15ClF2N2O. The molecule has 0 aliphatic carbocycles. The molecule has 0 aliphatic rings. The van der Waals surface area contributed by atoms with E-state index in [0.717, 1.165) is 12.8 Å². The van der Waals surface area contributed by atoms with Gasteiger partial charge in [0.05, 0.1) is 12.6 Å². The molecule has 0 saturated carbocycles. The van der Waals surface area contributed by atoms with Crippen molar-refractivity contribution in [2.24, 2.45) is 0 Å². The Labute approximate surface area is 98.0 Å². The molecule has 1 N–H and O–H groups in total. The molecule has 92 valence electrons. The van der Waals surface area contributed by atoms with Crippen LogP contribution in [0.25, 0.3) is 0 Å². The zero-order chi connectivity index (χ0) is 12.3. The summed E-state index contributed by atoms with van der Waals surface area (Å²) in [5.41, 5.74) is -0.386. The third-order valence-electron chi connectivity index (χ3n) is 2.63. The van der Waals surface area contributed by atoms with Gasteiger partial charge in [0.15, 0.2) is 0 Å². The van der Waals surface area contributed by atoms with E-state index in [2.05, 4.69) is 5.10 Å². The monoisotopic (exact) mass is 252 g/mol. The van der Waals surface area contributed by atoms with Crippen LogP contribution >= 0.6 is 11.6 Å². The van der Waals surface area contributed by atoms with Gasteiger partial charge in [0, 0.05) is 5.56 Å². The molecular weight excluding hydrogens is 238 g/mol. The van der Waals surface area contributed by atoms with Crippen molar-refractivity contribution in [2.75, 3.05) is 0 Å². The Hall–Kier alpha value is -0.680. The van der Waals surface area contributed by atoms with Crippen LogP contribution in [0.5, 0.6) is 0 Å². The summed E-state index contributed by atoms with van der Waals surface area (Å²) in [5.74, 6) is 0. The number of halogens is 3. The highest BCUT2D eigenvalue weighted by Gasteiger charge is 2.24. The van der Waals surface area contributed by atoms with Gasteiger partial charge < -0.3 is 5.11 Å². The van der Waals surface area contributed by atoms with Crippen LogP contribution < -0.4 is 0 Å². The van der Waals surface area contributed by atoms with E-state index in [4.69, 9.17) is 16.7 Å². The number of alkyl halides is 2. The lowest BCUT2D eigenvalue weighted by atomic mass is 10.2. The van der Waals surface area contributed by atoms with Gasteiger partial charge in [-0.2, -0.15) is 5.10 Å². The molecule has 0 aromatic carbocycles. The first-order valence-corrected chi connectivity index (χ1v) is 5.60. The highest BCUT2D eigenvalue weighted by molar-refractivity contribution is 6.30. The Balaban J connectivity index is 3.21. The fraction of sp³-hybridized carbons (Fsp3) is 0.700. The summed E-state index contributed by atoms with van der Waals surface area (Å²) < 4.78 is 26.7. The van der Waals surface area contributed by atoms with E-state index in [1.807, 2.05) is 13.8 Å². The largest absolute Gasteiger partial charge is 0.391 e. The molecule has 0 radical (unpaired) electrons. The van der Waals surface area contributed by atoms with Crippen LogP contribution in [-0.2, 0) is 6.61 Å². The number of hydrogen-bond donors (Lipinski definition) is 1. The number of aliphatic hydroxyl groups is 1. The fourth-order valence-electron chi connectivity index (χ4n) is 1.66. The molecule has 6 heteroatoms. The maximum atomic E-state index is 12.6. The van der Waals surface area contributed by atoms with Crippen LogP contribution in [0.15, 0.2) is 0 Å². The Morgan fingerprint density at radius 3 is 2.25 bits per heavy atom. The molecule has 0 amide bonds. The number of rotatable bonds is 5. The van der Waals surface area contributed by atoms with Gasteiger partial charge in [-0.05, 0) is 12.8 Å². The zero-order valence-corrected chi connectivity index (χ0v) is 10.0. The van der Waals surface area contributed by atoms with E-state index in [1.165, 1.54) is 4.68 Å². The second-order valence-corrected chi connectivity index (χ2v) is 3.89. The lowest BCUT2D eigenvalue weighted by Crippen LogP contribution is -2.09. The summed E-state index contributed by atoms with van der Waals surface area (Å²) in [7, 11) is 0. The Morgan fingerprint density at radius 2 is 1.94 bits per heavy atom. The zero-order valence-electron chi connectivity index (χ0n) is 9.25. The van der Waals surface area contributed by atoms with Crippen molar-refractivity contribution >= 4 is 11.6 Å². The number of nitrogens with zero attached hydrogens (tertiary/aromatic N) is 2. The molecule has 3 nitrogen and oxygen atoms in total. The fourth-order valence-corrected chi connectivity index (χ4v) is 1.99. The second-order valence-electron chi connectivity index (χ2n) is 3.53. The van der Waals surface area contributed by atoms with Crippen molar-refractivity contribution in [1.82, 2.24) is 9.78 Å². The normalized spacial score (nSPS) is 11.8. The standard InChI is InChI=1S/C10H15ClF2N2O/c1-3-6(4-2)15-9(11)7(5-16)8(14-15)10(12)13/h6,10,16H,3-5H2,1-2H3. The molecule has 1 aromatic heterocycles. The molecule has 0 bridgehead atoms. The Bertz CT molecular complexity index is 351. The quantitative estimate of drug-likeness (QED) is 0.873. The molecule has 0 atom stereocenters. The van der Waals surface area contributed by atoms with Crippen molar-refractivity contribution in [3.8, 4) is 0 Å². The molecule has 0 saturated heterocycles. The van der Waals surface area contributed by atoms with Crippen molar-refractivity contribution in [2.45, 2.75) is 45.8 Å². The lowest BCUT2D eigenvalue weighted by molar-refractivity contribution is 0.140. The van der Waals surface area contributed by atoms with Gasteiger partial charge in [-0.15, -0.1) is 0 Å². The average Bonchev–Trinajstić information content (AvgIpc) is 2.58. The molecule has 1 heterocycles. The van der Waals surface area contributed by atoms with Crippen LogP contribution in [0.2, 0.25) is 5.15 Å². The number of aliphatic hydroxyl groups excluding tert-OH is 1. The average molecular weight is 253 g/mol. The van der Waals surface area contributed by atoms with Crippen LogP contribution in [0, 0.1) is 0 Å². The predicted molar refractivity (Wildman–Crippen MR) is 57.7 cm³/mol. The van der Waals surface area contributed by atoms with Gasteiger partial charge >= 0.3 is 0 Å². The van der Waals surface area contributed by atoms with Gasteiger partial charge in [-0.25, -0.2) is 8.78 Å². The van der Waals surface area contributed by atoms with Crippen molar-refractivity contribution in [1.29, 1.82) is 0 Å². The summed E-state index contributed by atoms with van der Waals surface area (Å²) in [5, 5.41) is 12.9. The summed E-state index contributed by atoms with van der Waals surface area (Å²) in [6, 6.07) is -0.00898. The van der Waals surface area contributed by atoms with E-state index in [0.29, 0.717) is 0 Å². The van der Waals surface area contributed by atoms with Crippen LogP contribution in [0.1, 0.15) is 50.4 Å². The SMILES string of the molecule is CCC(CC)n1nc(C(F)F)c(CO)c1Cl. The highest BCUT2D eigenvalue weighted by atomic mass is 35.5. The molecule has 16 heavy (non-hydrogen) atoms. The number of hydrogen-bond acceptors (Lipinski definition) is 2. The predicted octanol–water partition coefficient (Wildman–Crippen LogP) is 3.33. The molecule has 1 aromatic rings. The van der Waals surface area contributed by atoms with Gasteiger partial charge in [0.2, 0.25) is 0 Å². The minimum Gasteiger partial charge on any atom is -0.391 e. The summed E-state index contributed by atoms with van der Waals surface area (Å²) in [6.45, 7) is 3.36. The Kier molecular flexibility index (Phi) is 4.68. The molecule has 0 fully saturated rings. The van der Waals surface area contributed by atoms with Gasteiger partial charge in [0.25, 0.3) is 6.43 Å². The first-order valence-electron chi connectivity index (χ1n) is 5.22. The first kappa shape index (κ1) is 13.4. The lowest BCUT2D eigenvalue weighted by Gasteiger charge is -2.14. The van der Waals surface area contributed by atoms with E-state index in [1.54, 1.807) is 0 Å². The summed E-state index contributed by atoms with van der Waals surface area (Å²) in [6.07, 6.45) is -1.20. The Morgan fingerprint density at radius 1 is 1.38 bits per heavy atom. The van der Waals surface area contributed by atoms with Crippen molar-refractivity contribution < 1.29 is 13.9 Å². The minimum absolute atomic E-state index is 0.00898. The number of aromatic nitrogens is 2. The highest BCUT2D eigenvalue weighted by Crippen LogP contribution is 2.31.